The largest absolute Gasteiger partial charge is 0.483 e. The average molecular weight is 282 g/mol. The lowest BCUT2D eigenvalue weighted by Gasteiger charge is -2.15. The van der Waals surface area contributed by atoms with Crippen LogP contribution in [0.25, 0.3) is 0 Å². The van der Waals surface area contributed by atoms with Gasteiger partial charge in [-0.25, -0.2) is 4.98 Å². The van der Waals surface area contributed by atoms with Crippen molar-refractivity contribution in [2.45, 2.75) is 32.3 Å². The lowest BCUT2D eigenvalue weighted by molar-refractivity contribution is 0.224. The first kappa shape index (κ1) is 13.4. The zero-order valence-electron chi connectivity index (χ0n) is 10.5. The number of aryl methyl sites for hydroxylation is 1. The molecule has 1 atom stereocenters. The summed E-state index contributed by atoms with van der Waals surface area (Å²) >= 11 is 7.35. The van der Waals surface area contributed by atoms with Crippen molar-refractivity contribution in [1.29, 1.82) is 0 Å². The maximum Gasteiger partial charge on any atom is 0.147 e. The van der Waals surface area contributed by atoms with Crippen molar-refractivity contribution in [2.75, 3.05) is 0 Å². The van der Waals surface area contributed by atoms with Gasteiger partial charge in [-0.3, -0.25) is 0 Å². The summed E-state index contributed by atoms with van der Waals surface area (Å²) in [6.07, 6.45) is 0.924. The molecule has 0 saturated heterocycles. The van der Waals surface area contributed by atoms with Crippen LogP contribution in [0.4, 0.5) is 0 Å². The standard InChI is InChI=1S/C14H16ClNOS/c1-3-11-6-4-5-7-13(11)17-10(2)14-16-12(8-15)9-18-14/h4-7,9-10H,3,8H2,1-2H3. The number of hydrogen-bond donors (Lipinski definition) is 0. The third-order valence-corrected chi connectivity index (χ3v) is 4.04. The molecule has 0 bridgehead atoms. The van der Waals surface area contributed by atoms with E-state index in [1.807, 2.05) is 30.5 Å². The first-order chi connectivity index (χ1) is 8.74. The topological polar surface area (TPSA) is 22.1 Å². The summed E-state index contributed by atoms with van der Waals surface area (Å²) in [6.45, 7) is 4.14. The van der Waals surface area contributed by atoms with Crippen LogP contribution in [0.5, 0.6) is 5.75 Å². The van der Waals surface area contributed by atoms with E-state index in [1.165, 1.54) is 5.56 Å². The van der Waals surface area contributed by atoms with Crippen molar-refractivity contribution in [3.63, 3.8) is 0 Å². The predicted molar refractivity (Wildman–Crippen MR) is 76.5 cm³/mol. The molecule has 0 amide bonds. The molecule has 2 rings (SSSR count). The van der Waals surface area contributed by atoms with Crippen molar-refractivity contribution in [3.05, 3.63) is 45.9 Å². The van der Waals surface area contributed by atoms with Gasteiger partial charge in [0.25, 0.3) is 0 Å². The summed E-state index contributed by atoms with van der Waals surface area (Å²) in [4.78, 5) is 4.44. The lowest BCUT2D eigenvalue weighted by atomic mass is 10.1. The Bertz CT molecular complexity index is 512. The molecule has 0 N–H and O–H groups in total. The number of hydrogen-bond acceptors (Lipinski definition) is 3. The van der Waals surface area contributed by atoms with Gasteiger partial charge >= 0.3 is 0 Å². The van der Waals surface area contributed by atoms with Crippen LogP contribution in [0.3, 0.4) is 0 Å². The Kier molecular flexibility index (Phi) is 4.61. The van der Waals surface area contributed by atoms with Crippen LogP contribution in [-0.2, 0) is 12.3 Å². The number of ether oxygens (including phenoxy) is 1. The summed E-state index contributed by atoms with van der Waals surface area (Å²) in [5.74, 6) is 1.39. The minimum absolute atomic E-state index is 0.0420. The summed E-state index contributed by atoms with van der Waals surface area (Å²) in [7, 11) is 0. The Morgan fingerprint density at radius 2 is 2.17 bits per heavy atom. The zero-order chi connectivity index (χ0) is 13.0. The highest BCUT2D eigenvalue weighted by molar-refractivity contribution is 7.09. The van der Waals surface area contributed by atoms with Gasteiger partial charge in [0.1, 0.15) is 16.9 Å². The number of alkyl halides is 1. The molecule has 0 aliphatic heterocycles. The van der Waals surface area contributed by atoms with E-state index in [0.29, 0.717) is 5.88 Å². The van der Waals surface area contributed by atoms with Crippen molar-refractivity contribution in [2.24, 2.45) is 0 Å². The molecule has 1 unspecified atom stereocenters. The smallest absolute Gasteiger partial charge is 0.147 e. The molecule has 1 heterocycles. The normalized spacial score (nSPS) is 12.4. The molecule has 1 aromatic heterocycles. The minimum Gasteiger partial charge on any atom is -0.483 e. The van der Waals surface area contributed by atoms with Gasteiger partial charge in [-0.15, -0.1) is 22.9 Å². The van der Waals surface area contributed by atoms with Crippen molar-refractivity contribution >= 4 is 22.9 Å². The van der Waals surface area contributed by atoms with Crippen LogP contribution < -0.4 is 4.74 Å². The number of aromatic nitrogens is 1. The Balaban J connectivity index is 2.13. The monoisotopic (exact) mass is 281 g/mol. The Hall–Kier alpha value is -1.06. The number of halogens is 1. The van der Waals surface area contributed by atoms with E-state index in [2.05, 4.69) is 18.0 Å². The van der Waals surface area contributed by atoms with Gasteiger partial charge in [0.2, 0.25) is 0 Å². The Labute approximate surface area is 117 Å². The second-order valence-corrected chi connectivity index (χ2v) is 5.19. The SMILES string of the molecule is CCc1ccccc1OC(C)c1nc(CCl)cs1. The Morgan fingerprint density at radius 1 is 1.39 bits per heavy atom. The average Bonchev–Trinajstić information content (AvgIpc) is 2.88. The van der Waals surface area contributed by atoms with Crippen LogP contribution in [0.15, 0.2) is 29.6 Å². The minimum atomic E-state index is -0.0420. The van der Waals surface area contributed by atoms with Crippen LogP contribution in [0, 0.1) is 0 Å². The third-order valence-electron chi connectivity index (χ3n) is 2.71. The number of nitrogens with zero attached hydrogens (tertiary/aromatic N) is 1. The van der Waals surface area contributed by atoms with Gasteiger partial charge < -0.3 is 4.74 Å². The molecule has 0 fully saturated rings. The third kappa shape index (κ3) is 3.03. The quantitative estimate of drug-likeness (QED) is 0.748. The van der Waals surface area contributed by atoms with Gasteiger partial charge in [-0.1, -0.05) is 25.1 Å². The fraction of sp³-hybridized carbons (Fsp3) is 0.357. The van der Waals surface area contributed by atoms with Crippen molar-refractivity contribution in [1.82, 2.24) is 4.98 Å². The van der Waals surface area contributed by atoms with Crippen LogP contribution in [-0.4, -0.2) is 4.98 Å². The van der Waals surface area contributed by atoms with Crippen molar-refractivity contribution < 1.29 is 4.74 Å². The second-order valence-electron chi connectivity index (χ2n) is 4.03. The number of benzene rings is 1. The summed E-state index contributed by atoms with van der Waals surface area (Å²) in [6, 6.07) is 8.12. The molecular weight excluding hydrogens is 266 g/mol. The van der Waals surface area contributed by atoms with E-state index in [4.69, 9.17) is 16.3 Å². The molecule has 4 heteroatoms. The fourth-order valence-electron chi connectivity index (χ4n) is 1.72. The first-order valence-corrected chi connectivity index (χ1v) is 7.40. The van der Waals surface area contributed by atoms with E-state index in [1.54, 1.807) is 11.3 Å². The highest BCUT2D eigenvalue weighted by Crippen LogP contribution is 2.27. The molecule has 0 radical (unpaired) electrons. The van der Waals surface area contributed by atoms with Gasteiger partial charge in [-0.2, -0.15) is 0 Å². The van der Waals surface area contributed by atoms with E-state index < -0.39 is 0 Å². The Morgan fingerprint density at radius 3 is 2.83 bits per heavy atom. The fourth-order valence-corrected chi connectivity index (χ4v) is 2.75. The van der Waals surface area contributed by atoms with Crippen molar-refractivity contribution in [3.8, 4) is 5.75 Å². The highest BCUT2D eigenvalue weighted by atomic mass is 35.5. The molecule has 2 nitrogen and oxygen atoms in total. The lowest BCUT2D eigenvalue weighted by Crippen LogP contribution is -2.04. The molecular formula is C14H16ClNOS. The highest BCUT2D eigenvalue weighted by Gasteiger charge is 2.13. The summed E-state index contributed by atoms with van der Waals surface area (Å²) < 4.78 is 5.99. The molecule has 0 aliphatic rings. The van der Waals surface area contributed by atoms with E-state index in [-0.39, 0.29) is 6.10 Å². The van der Waals surface area contributed by atoms with E-state index in [0.717, 1.165) is 22.9 Å². The zero-order valence-corrected chi connectivity index (χ0v) is 12.1. The van der Waals surface area contributed by atoms with E-state index >= 15 is 0 Å². The van der Waals surface area contributed by atoms with Crippen LogP contribution >= 0.6 is 22.9 Å². The summed E-state index contributed by atoms with van der Waals surface area (Å²) in [5, 5.41) is 2.95. The molecule has 0 spiro atoms. The second kappa shape index (κ2) is 6.21. The number of rotatable bonds is 5. The maximum atomic E-state index is 5.99. The molecule has 18 heavy (non-hydrogen) atoms. The number of para-hydroxylation sites is 1. The van der Waals surface area contributed by atoms with Gasteiger partial charge in [0.05, 0.1) is 11.6 Å². The molecule has 96 valence electrons. The molecule has 2 aromatic rings. The van der Waals surface area contributed by atoms with Gasteiger partial charge in [0, 0.05) is 5.38 Å². The molecule has 0 aliphatic carbocycles. The molecule has 1 aromatic carbocycles. The van der Waals surface area contributed by atoms with Gasteiger partial charge in [-0.05, 0) is 25.0 Å². The maximum absolute atomic E-state index is 5.99. The summed E-state index contributed by atoms with van der Waals surface area (Å²) in [5.41, 5.74) is 2.13. The van der Waals surface area contributed by atoms with Crippen LogP contribution in [0.2, 0.25) is 0 Å². The number of thiazole rings is 1. The van der Waals surface area contributed by atoms with E-state index in [9.17, 15) is 0 Å². The predicted octanol–water partition coefficient (Wildman–Crippen LogP) is 4.58. The van der Waals surface area contributed by atoms with Crippen LogP contribution in [0.1, 0.15) is 36.2 Å². The first-order valence-electron chi connectivity index (χ1n) is 5.99. The van der Waals surface area contributed by atoms with Gasteiger partial charge in [0.15, 0.2) is 0 Å². The molecule has 0 saturated carbocycles.